The summed E-state index contributed by atoms with van der Waals surface area (Å²) in [5, 5.41) is 10.4. The molecule has 1 aromatic heterocycles. The van der Waals surface area contributed by atoms with Gasteiger partial charge in [0.25, 0.3) is 0 Å². The van der Waals surface area contributed by atoms with Crippen LogP contribution < -0.4 is 5.32 Å². The van der Waals surface area contributed by atoms with Gasteiger partial charge in [0, 0.05) is 12.2 Å². The van der Waals surface area contributed by atoms with Gasteiger partial charge < -0.3 is 10.2 Å². The quantitative estimate of drug-likeness (QED) is 0.669. The Labute approximate surface area is 92.1 Å². The molecule has 0 fully saturated rings. The second-order valence-corrected chi connectivity index (χ2v) is 4.20. The number of unbranched alkanes of at least 4 members (excludes halogenated alkanes) is 1. The molecular weight excluding hydrogens is 188 g/mol. The van der Waals surface area contributed by atoms with Crippen LogP contribution in [0.25, 0.3) is 0 Å². The summed E-state index contributed by atoms with van der Waals surface area (Å²) in [5.74, 6) is 0. The highest BCUT2D eigenvalue weighted by atomic mass is 15.1. The minimum absolute atomic E-state index is 0.367. The molecule has 0 aliphatic carbocycles. The van der Waals surface area contributed by atoms with E-state index in [1.54, 1.807) is 6.20 Å². The van der Waals surface area contributed by atoms with Crippen molar-refractivity contribution in [3.05, 3.63) is 18.0 Å². The van der Waals surface area contributed by atoms with Crippen molar-refractivity contribution < 1.29 is 0 Å². The van der Waals surface area contributed by atoms with E-state index in [4.69, 9.17) is 0 Å². The van der Waals surface area contributed by atoms with E-state index in [2.05, 4.69) is 41.4 Å². The molecule has 2 N–H and O–H groups in total. The van der Waals surface area contributed by atoms with Gasteiger partial charge in [-0.2, -0.15) is 5.10 Å². The van der Waals surface area contributed by atoms with Gasteiger partial charge in [0.15, 0.2) is 0 Å². The maximum atomic E-state index is 3.94. The number of aromatic nitrogens is 2. The molecule has 15 heavy (non-hydrogen) atoms. The average molecular weight is 210 g/mol. The van der Waals surface area contributed by atoms with Crippen LogP contribution in [0, 0.1) is 0 Å². The van der Waals surface area contributed by atoms with Crippen LogP contribution in [0.2, 0.25) is 0 Å². The lowest BCUT2D eigenvalue weighted by Gasteiger charge is -2.13. The van der Waals surface area contributed by atoms with Crippen LogP contribution in [-0.4, -0.2) is 42.3 Å². The fourth-order valence-corrected chi connectivity index (χ4v) is 1.49. The van der Waals surface area contributed by atoms with E-state index in [-0.39, 0.29) is 0 Å². The minimum Gasteiger partial charge on any atom is -0.309 e. The molecule has 86 valence electrons. The molecule has 1 rings (SSSR count). The first-order valence-electron chi connectivity index (χ1n) is 5.57. The molecule has 0 radical (unpaired) electrons. The van der Waals surface area contributed by atoms with Crippen molar-refractivity contribution in [2.75, 3.05) is 27.2 Å². The molecule has 1 heterocycles. The van der Waals surface area contributed by atoms with Gasteiger partial charge in [-0.3, -0.25) is 5.10 Å². The van der Waals surface area contributed by atoms with Gasteiger partial charge >= 0.3 is 0 Å². The Morgan fingerprint density at radius 3 is 2.87 bits per heavy atom. The second-order valence-electron chi connectivity index (χ2n) is 4.20. The fourth-order valence-electron chi connectivity index (χ4n) is 1.49. The van der Waals surface area contributed by atoms with Crippen LogP contribution >= 0.6 is 0 Å². The molecule has 0 bridgehead atoms. The first kappa shape index (κ1) is 12.2. The second kappa shape index (κ2) is 6.58. The van der Waals surface area contributed by atoms with Gasteiger partial charge in [0.2, 0.25) is 0 Å². The molecule has 1 unspecified atom stereocenters. The number of hydrogen-bond donors (Lipinski definition) is 2. The summed E-state index contributed by atoms with van der Waals surface area (Å²) in [6.45, 7) is 4.38. The maximum absolute atomic E-state index is 3.94. The van der Waals surface area contributed by atoms with Crippen LogP contribution in [0.15, 0.2) is 12.3 Å². The summed E-state index contributed by atoms with van der Waals surface area (Å²) in [6, 6.07) is 2.38. The van der Waals surface area contributed by atoms with E-state index in [1.807, 2.05) is 6.07 Å². The molecule has 4 heteroatoms. The van der Waals surface area contributed by atoms with E-state index in [9.17, 15) is 0 Å². The van der Waals surface area contributed by atoms with Gasteiger partial charge in [-0.15, -0.1) is 0 Å². The highest BCUT2D eigenvalue weighted by molar-refractivity contribution is 5.02. The number of nitrogens with zero attached hydrogens (tertiary/aromatic N) is 2. The summed E-state index contributed by atoms with van der Waals surface area (Å²) < 4.78 is 0. The van der Waals surface area contributed by atoms with Gasteiger partial charge in [0.05, 0.1) is 5.69 Å². The Kier molecular flexibility index (Phi) is 5.36. The summed E-state index contributed by atoms with van der Waals surface area (Å²) >= 11 is 0. The number of rotatable bonds is 7. The van der Waals surface area contributed by atoms with E-state index in [0.29, 0.717) is 6.04 Å². The first-order valence-corrected chi connectivity index (χ1v) is 5.57. The Balaban J connectivity index is 2.05. The molecule has 0 aromatic carbocycles. The van der Waals surface area contributed by atoms with Gasteiger partial charge in [-0.05, 0) is 53.0 Å². The highest BCUT2D eigenvalue weighted by Gasteiger charge is 2.04. The lowest BCUT2D eigenvalue weighted by atomic mass is 10.2. The van der Waals surface area contributed by atoms with Crippen molar-refractivity contribution >= 4 is 0 Å². The number of hydrogen-bond acceptors (Lipinski definition) is 3. The molecule has 0 saturated carbocycles. The Bertz CT molecular complexity index is 243. The van der Waals surface area contributed by atoms with Gasteiger partial charge in [0.1, 0.15) is 0 Å². The summed E-state index contributed by atoms with van der Waals surface area (Å²) in [7, 11) is 4.22. The van der Waals surface area contributed by atoms with E-state index in [1.165, 1.54) is 19.4 Å². The number of nitrogens with one attached hydrogen (secondary N) is 2. The molecule has 0 amide bonds. The van der Waals surface area contributed by atoms with Crippen molar-refractivity contribution in [2.24, 2.45) is 0 Å². The molecule has 0 aliphatic rings. The maximum Gasteiger partial charge on any atom is 0.0518 e. The predicted molar refractivity (Wildman–Crippen MR) is 62.8 cm³/mol. The van der Waals surface area contributed by atoms with Gasteiger partial charge in [-0.1, -0.05) is 0 Å². The van der Waals surface area contributed by atoms with Crippen LogP contribution in [0.5, 0.6) is 0 Å². The Hall–Kier alpha value is -0.870. The zero-order chi connectivity index (χ0) is 11.1. The van der Waals surface area contributed by atoms with Crippen molar-refractivity contribution in [3.63, 3.8) is 0 Å². The molecule has 4 nitrogen and oxygen atoms in total. The number of aromatic amines is 1. The smallest absolute Gasteiger partial charge is 0.0518 e. The molecule has 0 aliphatic heterocycles. The Morgan fingerprint density at radius 2 is 2.27 bits per heavy atom. The lowest BCUT2D eigenvalue weighted by Crippen LogP contribution is -2.21. The zero-order valence-corrected chi connectivity index (χ0v) is 9.95. The lowest BCUT2D eigenvalue weighted by molar-refractivity contribution is 0.388. The summed E-state index contributed by atoms with van der Waals surface area (Å²) in [6.07, 6.45) is 4.26. The van der Waals surface area contributed by atoms with Gasteiger partial charge in [-0.25, -0.2) is 0 Å². The fraction of sp³-hybridized carbons (Fsp3) is 0.727. The third-order valence-corrected chi connectivity index (χ3v) is 2.47. The molecule has 1 aromatic rings. The average Bonchev–Trinajstić information content (AvgIpc) is 2.69. The largest absolute Gasteiger partial charge is 0.309 e. The first-order chi connectivity index (χ1) is 7.20. The monoisotopic (exact) mass is 210 g/mol. The SMILES string of the molecule is CC(NCCCCN(C)C)c1ccn[nH]1. The topological polar surface area (TPSA) is 44.0 Å². The van der Waals surface area contributed by atoms with E-state index >= 15 is 0 Å². The number of H-pyrrole nitrogens is 1. The zero-order valence-electron chi connectivity index (χ0n) is 9.95. The summed E-state index contributed by atoms with van der Waals surface area (Å²) in [4.78, 5) is 2.22. The minimum atomic E-state index is 0.367. The standard InChI is InChI=1S/C11H22N4/c1-10(11-6-8-13-14-11)12-7-4-5-9-15(2)3/h6,8,10,12H,4-5,7,9H2,1-3H3,(H,13,14). The third kappa shape index (κ3) is 4.95. The van der Waals surface area contributed by atoms with Crippen LogP contribution in [0.4, 0.5) is 0 Å². The molecule has 1 atom stereocenters. The van der Waals surface area contributed by atoms with Crippen molar-refractivity contribution in [2.45, 2.75) is 25.8 Å². The molecular formula is C11H22N4. The highest BCUT2D eigenvalue weighted by Crippen LogP contribution is 2.06. The normalized spacial score (nSPS) is 13.3. The third-order valence-electron chi connectivity index (χ3n) is 2.47. The molecule has 0 saturated heterocycles. The Morgan fingerprint density at radius 1 is 1.47 bits per heavy atom. The van der Waals surface area contributed by atoms with Crippen LogP contribution in [0.3, 0.4) is 0 Å². The van der Waals surface area contributed by atoms with Crippen molar-refractivity contribution in [1.29, 1.82) is 0 Å². The van der Waals surface area contributed by atoms with E-state index in [0.717, 1.165) is 12.2 Å². The summed E-state index contributed by atoms with van der Waals surface area (Å²) in [5.41, 5.74) is 1.16. The van der Waals surface area contributed by atoms with E-state index < -0.39 is 0 Å². The van der Waals surface area contributed by atoms with Crippen molar-refractivity contribution in [3.8, 4) is 0 Å². The molecule has 0 spiro atoms. The van der Waals surface area contributed by atoms with Crippen molar-refractivity contribution in [1.82, 2.24) is 20.4 Å². The van der Waals surface area contributed by atoms with Crippen LogP contribution in [0.1, 0.15) is 31.5 Å². The van der Waals surface area contributed by atoms with Crippen LogP contribution in [-0.2, 0) is 0 Å². The predicted octanol–water partition coefficient (Wildman–Crippen LogP) is 1.40.